The highest BCUT2D eigenvalue weighted by atomic mass is 32.1. The molecule has 3 rings (SSSR count). The number of rotatable bonds is 3. The summed E-state index contributed by atoms with van der Waals surface area (Å²) in [4.78, 5) is 4.23. The van der Waals surface area contributed by atoms with E-state index in [1.807, 2.05) is 11.3 Å². The average molecular weight is 264 g/mol. The Hall–Kier alpha value is -0.680. The largest absolute Gasteiger partial charge is 0.271 e. The fourth-order valence-corrected chi connectivity index (χ4v) is 4.63. The molecule has 1 unspecified atom stereocenters. The third-order valence-electron chi connectivity index (χ3n) is 3.29. The van der Waals surface area contributed by atoms with E-state index in [2.05, 4.69) is 29.0 Å². The minimum absolute atomic E-state index is 0.172. The molecule has 2 aromatic rings. The minimum Gasteiger partial charge on any atom is -0.271 e. The highest BCUT2D eigenvalue weighted by Crippen LogP contribution is 2.36. The second-order valence-electron chi connectivity index (χ2n) is 4.42. The van der Waals surface area contributed by atoms with Crippen molar-refractivity contribution in [1.29, 1.82) is 0 Å². The van der Waals surface area contributed by atoms with Crippen molar-refractivity contribution in [3.63, 3.8) is 0 Å². The van der Waals surface area contributed by atoms with Crippen molar-refractivity contribution >= 4 is 22.7 Å². The summed E-state index contributed by atoms with van der Waals surface area (Å²) in [5.41, 5.74) is 4.50. The molecule has 0 saturated carbocycles. The van der Waals surface area contributed by atoms with E-state index in [0.717, 1.165) is 0 Å². The first-order valence-electron chi connectivity index (χ1n) is 5.99. The number of nitrogens with two attached hydrogens (primary N) is 1. The van der Waals surface area contributed by atoms with Gasteiger partial charge in [0.25, 0.3) is 0 Å². The van der Waals surface area contributed by atoms with E-state index in [1.165, 1.54) is 35.4 Å². The first kappa shape index (κ1) is 11.4. The van der Waals surface area contributed by atoms with Crippen LogP contribution >= 0.6 is 22.7 Å². The number of hydrazine groups is 1. The normalized spacial score (nSPS) is 16.8. The van der Waals surface area contributed by atoms with E-state index in [0.29, 0.717) is 0 Å². The van der Waals surface area contributed by atoms with Crippen LogP contribution in [0.25, 0.3) is 0 Å². The highest BCUT2D eigenvalue weighted by molar-refractivity contribution is 7.13. The molecule has 0 saturated heterocycles. The standard InChI is InChI=1S/C13H16N2S2/c14-15-13(11-6-3-7-16-11)12-8-9-4-1-2-5-10(9)17-12/h3,6-8,13,15H,1-2,4-5,14H2. The molecule has 0 aliphatic heterocycles. The maximum atomic E-state index is 5.72. The predicted molar refractivity (Wildman–Crippen MR) is 74.4 cm³/mol. The van der Waals surface area contributed by atoms with E-state index < -0.39 is 0 Å². The van der Waals surface area contributed by atoms with Gasteiger partial charge in [-0.2, -0.15) is 0 Å². The molecule has 4 heteroatoms. The van der Waals surface area contributed by atoms with Gasteiger partial charge >= 0.3 is 0 Å². The van der Waals surface area contributed by atoms with Gasteiger partial charge in [0.05, 0.1) is 6.04 Å². The number of hydrogen-bond acceptors (Lipinski definition) is 4. The third-order valence-corrected chi connectivity index (χ3v) is 5.53. The molecule has 1 aliphatic carbocycles. The topological polar surface area (TPSA) is 38.0 Å². The van der Waals surface area contributed by atoms with E-state index in [-0.39, 0.29) is 6.04 Å². The predicted octanol–water partition coefficient (Wildman–Crippen LogP) is 3.24. The molecule has 2 aromatic heterocycles. The fourth-order valence-electron chi connectivity index (χ4n) is 2.42. The molecule has 2 nitrogen and oxygen atoms in total. The Morgan fingerprint density at radius 3 is 2.82 bits per heavy atom. The lowest BCUT2D eigenvalue weighted by Crippen LogP contribution is -2.27. The molecule has 90 valence electrons. The Labute approximate surface area is 109 Å². The molecule has 0 spiro atoms. The average Bonchev–Trinajstić information content (AvgIpc) is 2.98. The molecule has 3 N–H and O–H groups in total. The van der Waals surface area contributed by atoms with Crippen molar-refractivity contribution in [3.8, 4) is 0 Å². The summed E-state index contributed by atoms with van der Waals surface area (Å²) in [5.74, 6) is 5.72. The second kappa shape index (κ2) is 4.90. The number of hydrogen-bond donors (Lipinski definition) is 2. The number of fused-ring (bicyclic) bond motifs is 1. The zero-order chi connectivity index (χ0) is 11.7. The summed E-state index contributed by atoms with van der Waals surface area (Å²) < 4.78 is 0. The molecule has 1 aliphatic rings. The van der Waals surface area contributed by atoms with Crippen molar-refractivity contribution in [2.45, 2.75) is 31.7 Å². The zero-order valence-corrected chi connectivity index (χ0v) is 11.2. The van der Waals surface area contributed by atoms with Gasteiger partial charge in [0.15, 0.2) is 0 Å². The Morgan fingerprint density at radius 2 is 2.12 bits per heavy atom. The summed E-state index contributed by atoms with van der Waals surface area (Å²) in [6, 6.07) is 6.75. The third kappa shape index (κ3) is 2.18. The Morgan fingerprint density at radius 1 is 1.24 bits per heavy atom. The smallest absolute Gasteiger partial charge is 0.0894 e. The lowest BCUT2D eigenvalue weighted by molar-refractivity contribution is 0.655. The van der Waals surface area contributed by atoms with Crippen molar-refractivity contribution in [2.75, 3.05) is 0 Å². The first-order valence-corrected chi connectivity index (χ1v) is 7.69. The quantitative estimate of drug-likeness (QED) is 0.660. The van der Waals surface area contributed by atoms with Crippen LogP contribution in [0.3, 0.4) is 0 Å². The molecule has 0 amide bonds. The van der Waals surface area contributed by atoms with Crippen LogP contribution in [-0.4, -0.2) is 0 Å². The summed E-state index contributed by atoms with van der Waals surface area (Å²) in [5, 5.41) is 2.10. The lowest BCUT2D eigenvalue weighted by Gasteiger charge is -2.11. The molecule has 1 atom stereocenters. The summed E-state index contributed by atoms with van der Waals surface area (Å²) in [6.07, 6.45) is 5.17. The number of nitrogens with one attached hydrogen (secondary N) is 1. The summed E-state index contributed by atoms with van der Waals surface area (Å²) in [6.45, 7) is 0. The van der Waals surface area contributed by atoms with Crippen LogP contribution < -0.4 is 11.3 Å². The van der Waals surface area contributed by atoms with Crippen molar-refractivity contribution in [1.82, 2.24) is 5.43 Å². The minimum atomic E-state index is 0.172. The van der Waals surface area contributed by atoms with Gasteiger partial charge in [-0.25, -0.2) is 5.43 Å². The van der Waals surface area contributed by atoms with Crippen LogP contribution in [0.15, 0.2) is 23.6 Å². The monoisotopic (exact) mass is 264 g/mol. The van der Waals surface area contributed by atoms with E-state index in [1.54, 1.807) is 21.8 Å². The van der Waals surface area contributed by atoms with Gasteiger partial charge in [-0.1, -0.05) is 6.07 Å². The van der Waals surface area contributed by atoms with Crippen molar-refractivity contribution in [2.24, 2.45) is 5.84 Å². The molecular formula is C13H16N2S2. The Kier molecular flexibility index (Phi) is 3.29. The molecular weight excluding hydrogens is 248 g/mol. The molecule has 0 fully saturated rings. The van der Waals surface area contributed by atoms with Crippen LogP contribution in [0.1, 0.15) is 39.1 Å². The van der Waals surface area contributed by atoms with Gasteiger partial charge in [0.2, 0.25) is 0 Å². The van der Waals surface area contributed by atoms with Crippen molar-refractivity contribution < 1.29 is 0 Å². The van der Waals surface area contributed by atoms with Crippen LogP contribution in [0.5, 0.6) is 0 Å². The van der Waals surface area contributed by atoms with Gasteiger partial charge < -0.3 is 0 Å². The maximum absolute atomic E-state index is 5.72. The van der Waals surface area contributed by atoms with E-state index >= 15 is 0 Å². The first-order chi connectivity index (χ1) is 8.38. The van der Waals surface area contributed by atoms with E-state index in [4.69, 9.17) is 5.84 Å². The fraction of sp³-hybridized carbons (Fsp3) is 0.385. The molecule has 17 heavy (non-hydrogen) atoms. The highest BCUT2D eigenvalue weighted by Gasteiger charge is 2.20. The van der Waals surface area contributed by atoms with E-state index in [9.17, 15) is 0 Å². The number of aryl methyl sites for hydroxylation is 2. The van der Waals surface area contributed by atoms with Crippen molar-refractivity contribution in [3.05, 3.63) is 43.8 Å². The summed E-state index contributed by atoms with van der Waals surface area (Å²) >= 11 is 3.69. The van der Waals surface area contributed by atoms with Gasteiger partial charge in [-0.3, -0.25) is 5.84 Å². The molecule has 0 aromatic carbocycles. The van der Waals surface area contributed by atoms with Crippen LogP contribution in [0, 0.1) is 0 Å². The van der Waals surface area contributed by atoms with Crippen LogP contribution in [-0.2, 0) is 12.8 Å². The van der Waals surface area contributed by atoms with Crippen LogP contribution in [0.2, 0.25) is 0 Å². The molecule has 2 heterocycles. The van der Waals surface area contributed by atoms with Crippen LogP contribution in [0.4, 0.5) is 0 Å². The van der Waals surface area contributed by atoms with Gasteiger partial charge in [-0.05, 0) is 48.8 Å². The Bertz CT molecular complexity index is 464. The Balaban J connectivity index is 1.94. The van der Waals surface area contributed by atoms with Gasteiger partial charge in [-0.15, -0.1) is 22.7 Å². The van der Waals surface area contributed by atoms with Gasteiger partial charge in [0, 0.05) is 14.6 Å². The summed E-state index contributed by atoms with van der Waals surface area (Å²) in [7, 11) is 0. The van der Waals surface area contributed by atoms with Gasteiger partial charge in [0.1, 0.15) is 0 Å². The molecule has 0 radical (unpaired) electrons. The maximum Gasteiger partial charge on any atom is 0.0894 e. The lowest BCUT2D eigenvalue weighted by atomic mass is 9.99. The number of thiophene rings is 2. The SMILES string of the molecule is NNC(c1cccs1)c1cc2c(s1)CCCC2. The zero-order valence-electron chi connectivity index (χ0n) is 9.61. The molecule has 0 bridgehead atoms. The second-order valence-corrected chi connectivity index (χ2v) is 6.57.